The number of carbonyl (C=O) groups is 2. The molecule has 1 heterocycles. The average Bonchev–Trinajstić information content (AvgIpc) is 2.17. The van der Waals surface area contributed by atoms with Gasteiger partial charge in [-0.15, -0.1) is 0 Å². The molecule has 0 bridgehead atoms. The Kier molecular flexibility index (Phi) is 1.96. The van der Waals surface area contributed by atoms with Gasteiger partial charge in [0, 0.05) is 0 Å². The molecule has 0 saturated carbocycles. The van der Waals surface area contributed by atoms with Crippen molar-refractivity contribution in [3.63, 3.8) is 0 Å². The summed E-state index contributed by atoms with van der Waals surface area (Å²) >= 11 is 0. The van der Waals surface area contributed by atoms with Gasteiger partial charge in [0.2, 0.25) is 6.10 Å². The largest absolute Gasteiger partial charge is 0.478 e. The maximum Gasteiger partial charge on any atom is 0.345 e. The molecule has 0 spiro atoms. The van der Waals surface area contributed by atoms with Crippen molar-refractivity contribution in [2.24, 2.45) is 0 Å². The van der Waals surface area contributed by atoms with E-state index in [2.05, 4.69) is 0 Å². The van der Waals surface area contributed by atoms with Gasteiger partial charge in [-0.25, -0.2) is 4.79 Å². The molecule has 1 atom stereocenters. The monoisotopic (exact) mass is 192 g/mol. The number of carboxylic acids is 1. The van der Waals surface area contributed by atoms with Crippen LogP contribution in [0.25, 0.3) is 0 Å². The van der Waals surface area contributed by atoms with E-state index in [-0.39, 0.29) is 12.2 Å². The van der Waals surface area contributed by atoms with Crippen LogP contribution in [-0.4, -0.2) is 23.0 Å². The second kappa shape index (κ2) is 3.14. The van der Waals surface area contributed by atoms with Gasteiger partial charge in [0.1, 0.15) is 5.75 Å². The standard InChI is InChI=1S/C10H8O4/c11-7-5-9(10(12)13)14-8-4-2-1-3-6(7)8/h1-4,9H,5H2,(H,12,13)/t9-/m1/s1. The zero-order valence-corrected chi connectivity index (χ0v) is 7.27. The number of aliphatic carboxylic acids is 1. The first kappa shape index (κ1) is 8.74. The van der Waals surface area contributed by atoms with Gasteiger partial charge in [0.05, 0.1) is 12.0 Å². The lowest BCUT2D eigenvalue weighted by Crippen LogP contribution is -2.33. The van der Waals surface area contributed by atoms with Gasteiger partial charge in [-0.3, -0.25) is 4.79 Å². The molecule has 0 aliphatic carbocycles. The van der Waals surface area contributed by atoms with Gasteiger partial charge in [-0.2, -0.15) is 0 Å². The van der Waals surface area contributed by atoms with Crippen molar-refractivity contribution < 1.29 is 19.4 Å². The first-order chi connectivity index (χ1) is 6.68. The number of fused-ring (bicyclic) bond motifs is 1. The lowest BCUT2D eigenvalue weighted by Gasteiger charge is -2.21. The summed E-state index contributed by atoms with van der Waals surface area (Å²) < 4.78 is 5.14. The number of hydrogen-bond acceptors (Lipinski definition) is 3. The molecule has 0 fully saturated rings. The number of ether oxygens (including phenoxy) is 1. The van der Waals surface area contributed by atoms with Crippen LogP contribution in [0.3, 0.4) is 0 Å². The molecule has 14 heavy (non-hydrogen) atoms. The molecule has 0 radical (unpaired) electrons. The second-order valence-corrected chi connectivity index (χ2v) is 3.07. The second-order valence-electron chi connectivity index (χ2n) is 3.07. The molecule has 0 aromatic heterocycles. The molecule has 0 saturated heterocycles. The van der Waals surface area contributed by atoms with E-state index in [1.165, 1.54) is 0 Å². The Balaban J connectivity index is 2.38. The number of carboxylic acid groups (broad SMARTS) is 1. The third-order valence-corrected chi connectivity index (χ3v) is 2.10. The van der Waals surface area contributed by atoms with E-state index in [0.29, 0.717) is 11.3 Å². The smallest absolute Gasteiger partial charge is 0.345 e. The zero-order chi connectivity index (χ0) is 10.1. The lowest BCUT2D eigenvalue weighted by molar-refractivity contribution is -0.145. The molecular formula is C10H8O4. The Hall–Kier alpha value is -1.84. The third-order valence-electron chi connectivity index (χ3n) is 2.10. The Labute approximate surface area is 80.1 Å². The fourth-order valence-corrected chi connectivity index (χ4v) is 1.41. The summed E-state index contributed by atoms with van der Waals surface area (Å²) in [5.74, 6) is -0.928. The van der Waals surface area contributed by atoms with Crippen LogP contribution in [0.1, 0.15) is 16.8 Å². The topological polar surface area (TPSA) is 63.6 Å². The molecule has 1 N–H and O–H groups in total. The highest BCUT2D eigenvalue weighted by molar-refractivity contribution is 6.02. The molecule has 1 aliphatic rings. The van der Waals surface area contributed by atoms with E-state index in [1.54, 1.807) is 24.3 Å². The van der Waals surface area contributed by atoms with Crippen LogP contribution in [-0.2, 0) is 4.79 Å². The van der Waals surface area contributed by atoms with Gasteiger partial charge in [-0.05, 0) is 12.1 Å². The molecule has 1 aromatic carbocycles. The van der Waals surface area contributed by atoms with Crippen molar-refractivity contribution in [3.8, 4) is 5.75 Å². The number of ketones is 1. The van der Waals surface area contributed by atoms with E-state index < -0.39 is 12.1 Å². The lowest BCUT2D eigenvalue weighted by atomic mass is 10.0. The summed E-state index contributed by atoms with van der Waals surface area (Å²) in [5.41, 5.74) is 0.463. The van der Waals surface area contributed by atoms with Crippen LogP contribution < -0.4 is 4.74 Å². The zero-order valence-electron chi connectivity index (χ0n) is 7.27. The highest BCUT2D eigenvalue weighted by Gasteiger charge is 2.30. The van der Waals surface area contributed by atoms with Crippen LogP contribution in [0.5, 0.6) is 5.75 Å². The Morgan fingerprint density at radius 2 is 2.14 bits per heavy atom. The summed E-state index contributed by atoms with van der Waals surface area (Å²) in [6.07, 6.45) is -1.14. The van der Waals surface area contributed by atoms with Crippen LogP contribution in [0.2, 0.25) is 0 Å². The van der Waals surface area contributed by atoms with Crippen molar-refractivity contribution in [3.05, 3.63) is 29.8 Å². The highest BCUT2D eigenvalue weighted by atomic mass is 16.5. The van der Waals surface area contributed by atoms with E-state index >= 15 is 0 Å². The molecular weight excluding hydrogens is 184 g/mol. The Morgan fingerprint density at radius 1 is 1.43 bits per heavy atom. The van der Waals surface area contributed by atoms with Gasteiger partial charge in [-0.1, -0.05) is 12.1 Å². The number of rotatable bonds is 1. The first-order valence-corrected chi connectivity index (χ1v) is 4.20. The summed E-state index contributed by atoms with van der Waals surface area (Å²) in [6.45, 7) is 0. The van der Waals surface area contributed by atoms with Crippen LogP contribution in [0.4, 0.5) is 0 Å². The normalized spacial score (nSPS) is 19.7. The number of Topliss-reactive ketones (excluding diaryl/α,β-unsaturated/α-hetero) is 1. The Bertz CT molecular complexity index is 397. The average molecular weight is 192 g/mol. The number of carbonyl (C=O) groups excluding carboxylic acids is 1. The van der Waals surface area contributed by atoms with Crippen molar-refractivity contribution in [1.82, 2.24) is 0 Å². The maximum atomic E-state index is 11.5. The molecule has 2 rings (SSSR count). The number of benzene rings is 1. The molecule has 1 aliphatic heterocycles. The van der Waals surface area contributed by atoms with Gasteiger partial charge in [0.25, 0.3) is 0 Å². The van der Waals surface area contributed by atoms with E-state index in [9.17, 15) is 9.59 Å². The van der Waals surface area contributed by atoms with Gasteiger partial charge < -0.3 is 9.84 Å². The van der Waals surface area contributed by atoms with E-state index in [1.807, 2.05) is 0 Å². The molecule has 4 heteroatoms. The highest BCUT2D eigenvalue weighted by Crippen LogP contribution is 2.26. The van der Waals surface area contributed by atoms with Crippen molar-refractivity contribution in [2.75, 3.05) is 0 Å². The van der Waals surface area contributed by atoms with Gasteiger partial charge >= 0.3 is 5.97 Å². The molecule has 0 unspecified atom stereocenters. The third kappa shape index (κ3) is 1.35. The van der Waals surface area contributed by atoms with Gasteiger partial charge in [0.15, 0.2) is 5.78 Å². The number of para-hydroxylation sites is 1. The summed E-state index contributed by atoms with van der Waals surface area (Å²) in [4.78, 5) is 22.1. The Morgan fingerprint density at radius 3 is 2.86 bits per heavy atom. The minimum Gasteiger partial charge on any atom is -0.478 e. The van der Waals surface area contributed by atoms with E-state index in [4.69, 9.17) is 9.84 Å². The number of hydrogen-bond donors (Lipinski definition) is 1. The first-order valence-electron chi connectivity index (χ1n) is 4.20. The van der Waals surface area contributed by atoms with Crippen molar-refractivity contribution in [2.45, 2.75) is 12.5 Å². The summed E-state index contributed by atoms with van der Waals surface area (Å²) in [6, 6.07) is 6.66. The summed E-state index contributed by atoms with van der Waals surface area (Å²) in [7, 11) is 0. The van der Waals surface area contributed by atoms with Crippen molar-refractivity contribution >= 4 is 11.8 Å². The van der Waals surface area contributed by atoms with Crippen molar-refractivity contribution in [1.29, 1.82) is 0 Å². The molecule has 0 amide bonds. The quantitative estimate of drug-likeness (QED) is 0.723. The minimum atomic E-state index is -1.10. The fourth-order valence-electron chi connectivity index (χ4n) is 1.41. The SMILES string of the molecule is O=C1C[C@H](C(=O)O)Oc2ccccc21. The fraction of sp³-hybridized carbons (Fsp3) is 0.200. The predicted octanol–water partition coefficient (Wildman–Crippen LogP) is 1.11. The van der Waals surface area contributed by atoms with Crippen LogP contribution in [0, 0.1) is 0 Å². The predicted molar refractivity (Wildman–Crippen MR) is 47.4 cm³/mol. The molecule has 4 nitrogen and oxygen atoms in total. The molecule has 1 aromatic rings. The van der Waals surface area contributed by atoms with Crippen LogP contribution in [0.15, 0.2) is 24.3 Å². The maximum absolute atomic E-state index is 11.5. The minimum absolute atomic E-state index is 0.0909. The molecule has 72 valence electrons. The van der Waals surface area contributed by atoms with Crippen LogP contribution >= 0.6 is 0 Å². The summed E-state index contributed by atoms with van der Waals surface area (Å²) in [5, 5.41) is 8.70. The van der Waals surface area contributed by atoms with E-state index in [0.717, 1.165) is 0 Å².